The molecule has 0 amide bonds. The molecule has 0 fully saturated rings. The lowest BCUT2D eigenvalue weighted by Gasteiger charge is -2.06. The molecule has 0 radical (unpaired) electrons. The monoisotopic (exact) mass is 239 g/mol. The molecule has 2 N–H and O–H groups in total. The van der Waals surface area contributed by atoms with Crippen molar-refractivity contribution in [3.05, 3.63) is 30.7 Å². The number of anilines is 1. The van der Waals surface area contributed by atoms with Gasteiger partial charge in [-0.05, 0) is 0 Å². The molecule has 0 spiro atoms. The minimum Gasteiger partial charge on any atom is -0.476 e. The van der Waals surface area contributed by atoms with Gasteiger partial charge in [0.1, 0.15) is 0 Å². The summed E-state index contributed by atoms with van der Waals surface area (Å²) in [6.07, 6.45) is 4.66. The number of hydrogen-bond donors (Lipinski definition) is 2. The molecule has 1 aromatic heterocycles. The van der Waals surface area contributed by atoms with Crippen LogP contribution in [0.4, 0.5) is 5.82 Å². The predicted octanol–water partition coefficient (Wildman–Crippen LogP) is 1.51. The Morgan fingerprint density at radius 3 is 3.00 bits per heavy atom. The first-order chi connectivity index (χ1) is 7.75. The number of hydrogen-bond acceptors (Lipinski definition) is 5. The van der Waals surface area contributed by atoms with Crippen LogP contribution in [0.2, 0.25) is 0 Å². The molecule has 0 unspecified atom stereocenters. The molecule has 1 aromatic rings. The van der Waals surface area contributed by atoms with Gasteiger partial charge < -0.3 is 10.4 Å². The molecular formula is C10H13N3O2S. The van der Waals surface area contributed by atoms with E-state index in [0.717, 1.165) is 11.5 Å². The second-order valence-electron chi connectivity index (χ2n) is 2.85. The van der Waals surface area contributed by atoms with E-state index in [2.05, 4.69) is 21.9 Å². The number of carboxylic acid groups (broad SMARTS) is 1. The minimum absolute atomic E-state index is 0.0452. The van der Waals surface area contributed by atoms with Crippen LogP contribution in [-0.4, -0.2) is 39.1 Å². The number of nitrogens with zero attached hydrogens (tertiary/aromatic N) is 2. The Labute approximate surface area is 98.0 Å². The minimum atomic E-state index is -1.07. The fourth-order valence-electron chi connectivity index (χ4n) is 1.03. The van der Waals surface area contributed by atoms with Crippen LogP contribution in [0.3, 0.4) is 0 Å². The van der Waals surface area contributed by atoms with Crippen LogP contribution in [0.1, 0.15) is 10.5 Å². The number of carbonyl (C=O) groups is 1. The summed E-state index contributed by atoms with van der Waals surface area (Å²) in [6.45, 7) is 4.26. The Morgan fingerprint density at radius 2 is 2.31 bits per heavy atom. The highest BCUT2D eigenvalue weighted by Crippen LogP contribution is 2.08. The fraction of sp³-hybridized carbons (Fsp3) is 0.300. The van der Waals surface area contributed by atoms with E-state index in [1.54, 1.807) is 11.8 Å². The Morgan fingerprint density at radius 1 is 1.56 bits per heavy atom. The first-order valence-corrected chi connectivity index (χ1v) is 5.88. The lowest BCUT2D eigenvalue weighted by atomic mass is 10.4. The van der Waals surface area contributed by atoms with Crippen molar-refractivity contribution >= 4 is 23.5 Å². The van der Waals surface area contributed by atoms with E-state index in [4.69, 9.17) is 5.11 Å². The zero-order valence-corrected chi connectivity index (χ0v) is 9.54. The first-order valence-electron chi connectivity index (χ1n) is 4.72. The van der Waals surface area contributed by atoms with Crippen LogP contribution in [0, 0.1) is 0 Å². The highest BCUT2D eigenvalue weighted by Gasteiger charge is 2.11. The third kappa shape index (κ3) is 3.90. The third-order valence-corrected chi connectivity index (χ3v) is 2.64. The zero-order chi connectivity index (χ0) is 11.8. The van der Waals surface area contributed by atoms with Gasteiger partial charge in [0.15, 0.2) is 11.5 Å². The van der Waals surface area contributed by atoms with Gasteiger partial charge in [0.05, 0.1) is 0 Å². The Hall–Kier alpha value is -1.56. The highest BCUT2D eigenvalue weighted by molar-refractivity contribution is 7.99. The summed E-state index contributed by atoms with van der Waals surface area (Å²) in [5.74, 6) is 0.985. The number of aromatic nitrogens is 2. The molecule has 86 valence electrons. The number of thioether (sulfide) groups is 1. The van der Waals surface area contributed by atoms with Gasteiger partial charge in [-0.1, -0.05) is 6.08 Å². The van der Waals surface area contributed by atoms with Gasteiger partial charge >= 0.3 is 5.97 Å². The van der Waals surface area contributed by atoms with Gasteiger partial charge in [0.2, 0.25) is 0 Å². The maximum atomic E-state index is 10.8. The van der Waals surface area contributed by atoms with Crippen molar-refractivity contribution in [1.82, 2.24) is 9.97 Å². The van der Waals surface area contributed by atoms with E-state index >= 15 is 0 Å². The molecule has 0 bridgehead atoms. The van der Waals surface area contributed by atoms with Gasteiger partial charge in [-0.25, -0.2) is 14.8 Å². The van der Waals surface area contributed by atoms with E-state index in [-0.39, 0.29) is 5.69 Å². The quantitative estimate of drug-likeness (QED) is 0.555. The molecule has 5 nitrogen and oxygen atoms in total. The van der Waals surface area contributed by atoms with Crippen molar-refractivity contribution in [2.75, 3.05) is 23.4 Å². The number of carboxylic acids is 1. The third-order valence-electron chi connectivity index (χ3n) is 1.68. The molecule has 0 atom stereocenters. The molecule has 0 saturated carbocycles. The van der Waals surface area contributed by atoms with Crippen molar-refractivity contribution in [2.24, 2.45) is 0 Å². The van der Waals surface area contributed by atoms with Gasteiger partial charge in [-0.15, -0.1) is 6.58 Å². The summed E-state index contributed by atoms with van der Waals surface area (Å²) in [5.41, 5.74) is -0.0452. The molecule has 0 aliphatic rings. The van der Waals surface area contributed by atoms with Crippen molar-refractivity contribution in [3.63, 3.8) is 0 Å². The summed E-state index contributed by atoms with van der Waals surface area (Å²) < 4.78 is 0. The second kappa shape index (κ2) is 6.84. The maximum absolute atomic E-state index is 10.8. The van der Waals surface area contributed by atoms with E-state index < -0.39 is 5.97 Å². The van der Waals surface area contributed by atoms with Gasteiger partial charge in [-0.2, -0.15) is 11.8 Å². The number of rotatable bonds is 7. The average Bonchev–Trinajstić information content (AvgIpc) is 2.29. The standard InChI is InChI=1S/C10H13N3O2S/c1-2-6-16-7-5-13-9-8(10(14)15)11-3-4-12-9/h2-4H,1,5-7H2,(H,12,13)(H,14,15). The normalized spacial score (nSPS) is 9.75. The van der Waals surface area contributed by atoms with Crippen LogP contribution in [0.5, 0.6) is 0 Å². The molecule has 0 aromatic carbocycles. The number of aromatic carboxylic acids is 1. The summed E-state index contributed by atoms with van der Waals surface area (Å²) in [5, 5.41) is 11.8. The average molecular weight is 239 g/mol. The summed E-state index contributed by atoms with van der Waals surface area (Å²) >= 11 is 1.71. The second-order valence-corrected chi connectivity index (χ2v) is 4.00. The van der Waals surface area contributed by atoms with Crippen molar-refractivity contribution < 1.29 is 9.90 Å². The lowest BCUT2D eigenvalue weighted by molar-refractivity contribution is 0.0691. The lowest BCUT2D eigenvalue weighted by Crippen LogP contribution is -2.12. The van der Waals surface area contributed by atoms with Crippen molar-refractivity contribution in [1.29, 1.82) is 0 Å². The fourth-order valence-corrected chi connectivity index (χ4v) is 1.61. The summed E-state index contributed by atoms with van der Waals surface area (Å²) in [6, 6.07) is 0. The van der Waals surface area contributed by atoms with Gasteiger partial charge in [-0.3, -0.25) is 0 Å². The van der Waals surface area contributed by atoms with E-state index in [1.165, 1.54) is 12.4 Å². The van der Waals surface area contributed by atoms with Crippen molar-refractivity contribution in [2.45, 2.75) is 0 Å². The maximum Gasteiger partial charge on any atom is 0.358 e. The van der Waals surface area contributed by atoms with Crippen LogP contribution in [0.25, 0.3) is 0 Å². The topological polar surface area (TPSA) is 75.1 Å². The molecule has 0 aliphatic heterocycles. The highest BCUT2D eigenvalue weighted by atomic mass is 32.2. The van der Waals surface area contributed by atoms with E-state index in [9.17, 15) is 4.79 Å². The SMILES string of the molecule is C=CCSCCNc1nccnc1C(=O)O. The smallest absolute Gasteiger partial charge is 0.358 e. The Bertz CT molecular complexity index is 371. The molecular weight excluding hydrogens is 226 g/mol. The Kier molecular flexibility index (Phi) is 5.35. The van der Waals surface area contributed by atoms with Gasteiger partial charge in [0, 0.05) is 30.4 Å². The predicted molar refractivity (Wildman–Crippen MR) is 65.0 cm³/mol. The van der Waals surface area contributed by atoms with Crippen LogP contribution in [0.15, 0.2) is 25.0 Å². The number of nitrogens with one attached hydrogen (secondary N) is 1. The van der Waals surface area contributed by atoms with Gasteiger partial charge in [0.25, 0.3) is 0 Å². The van der Waals surface area contributed by atoms with Crippen molar-refractivity contribution in [3.8, 4) is 0 Å². The zero-order valence-electron chi connectivity index (χ0n) is 8.72. The summed E-state index contributed by atoms with van der Waals surface area (Å²) in [7, 11) is 0. The first kappa shape index (κ1) is 12.5. The molecule has 0 saturated heterocycles. The molecule has 0 aliphatic carbocycles. The molecule has 6 heteroatoms. The van der Waals surface area contributed by atoms with Crippen LogP contribution < -0.4 is 5.32 Å². The van der Waals surface area contributed by atoms with E-state index in [1.807, 2.05) is 6.08 Å². The molecule has 1 rings (SSSR count). The van der Waals surface area contributed by atoms with E-state index in [0.29, 0.717) is 12.4 Å². The van der Waals surface area contributed by atoms with Crippen LogP contribution in [-0.2, 0) is 0 Å². The largest absolute Gasteiger partial charge is 0.476 e. The Balaban J connectivity index is 2.47. The molecule has 1 heterocycles. The molecule has 16 heavy (non-hydrogen) atoms. The van der Waals surface area contributed by atoms with Crippen LogP contribution >= 0.6 is 11.8 Å². The summed E-state index contributed by atoms with van der Waals surface area (Å²) in [4.78, 5) is 18.5.